The number of halogens is 1. The first-order valence-electron chi connectivity index (χ1n) is 5.22. The Kier molecular flexibility index (Phi) is 7.37. The van der Waals surface area contributed by atoms with Crippen LogP contribution in [0.5, 0.6) is 0 Å². The normalized spacial score (nSPS) is 14.5. The third-order valence-corrected chi connectivity index (χ3v) is 5.21. The van der Waals surface area contributed by atoms with Crippen LogP contribution in [0, 0.1) is 0 Å². The minimum atomic E-state index is -1.28. The van der Waals surface area contributed by atoms with Gasteiger partial charge in [0.2, 0.25) is 0 Å². The molecule has 0 heterocycles. The fourth-order valence-corrected chi connectivity index (χ4v) is 2.69. The molecule has 1 unspecified atom stereocenters. The summed E-state index contributed by atoms with van der Waals surface area (Å²) < 4.78 is 0. The number of rotatable bonds is 7. The quantitative estimate of drug-likeness (QED) is 0.425. The summed E-state index contributed by atoms with van der Waals surface area (Å²) in [6, 6.07) is 0. The molecule has 0 amide bonds. The van der Waals surface area contributed by atoms with Crippen molar-refractivity contribution in [1.82, 2.24) is 0 Å². The SMILES string of the molecule is C[Si](C)(C)C(O)CCCCCCBr. The molecule has 13 heavy (non-hydrogen) atoms. The average molecular weight is 267 g/mol. The van der Waals surface area contributed by atoms with Crippen molar-refractivity contribution < 1.29 is 5.11 Å². The molecule has 1 atom stereocenters. The average Bonchev–Trinajstić information content (AvgIpc) is 2.02. The van der Waals surface area contributed by atoms with E-state index in [1.165, 1.54) is 25.7 Å². The largest absolute Gasteiger partial charge is 0.397 e. The van der Waals surface area contributed by atoms with Gasteiger partial charge in [-0.1, -0.05) is 54.8 Å². The standard InChI is InChI=1S/C10H23BrOSi/c1-13(2,3)10(12)8-6-4-5-7-9-11/h10,12H,4-9H2,1-3H3. The first kappa shape index (κ1) is 13.7. The van der Waals surface area contributed by atoms with Crippen LogP contribution in [0.15, 0.2) is 0 Å². The van der Waals surface area contributed by atoms with Gasteiger partial charge in [0.1, 0.15) is 0 Å². The molecule has 0 saturated carbocycles. The Hall–Kier alpha value is 0.657. The molecule has 1 N–H and O–H groups in total. The molecule has 0 aromatic rings. The number of alkyl halides is 1. The second-order valence-corrected chi connectivity index (χ2v) is 11.0. The molecule has 0 saturated heterocycles. The molecule has 0 aliphatic heterocycles. The second-order valence-electron chi connectivity index (χ2n) is 4.77. The Morgan fingerprint density at radius 1 is 1.08 bits per heavy atom. The zero-order valence-electron chi connectivity index (χ0n) is 9.15. The molecule has 0 fully saturated rings. The summed E-state index contributed by atoms with van der Waals surface area (Å²) in [6.45, 7) is 6.70. The summed E-state index contributed by atoms with van der Waals surface area (Å²) in [7, 11) is -1.28. The highest BCUT2D eigenvalue weighted by atomic mass is 79.9. The summed E-state index contributed by atoms with van der Waals surface area (Å²) >= 11 is 3.42. The molecule has 0 rings (SSSR count). The van der Waals surface area contributed by atoms with E-state index in [1.54, 1.807) is 0 Å². The molecule has 80 valence electrons. The van der Waals surface area contributed by atoms with Gasteiger partial charge < -0.3 is 5.11 Å². The van der Waals surface area contributed by atoms with Gasteiger partial charge in [-0.3, -0.25) is 0 Å². The third-order valence-electron chi connectivity index (χ3n) is 2.36. The Morgan fingerprint density at radius 3 is 2.08 bits per heavy atom. The lowest BCUT2D eigenvalue weighted by atomic mass is 10.2. The van der Waals surface area contributed by atoms with Crippen LogP contribution in [0.1, 0.15) is 32.1 Å². The fraction of sp³-hybridized carbons (Fsp3) is 1.00. The Bertz CT molecular complexity index is 123. The highest BCUT2D eigenvalue weighted by molar-refractivity contribution is 9.09. The molecule has 3 heteroatoms. The first-order valence-corrected chi connectivity index (χ1v) is 9.92. The van der Waals surface area contributed by atoms with Crippen LogP contribution in [0.4, 0.5) is 0 Å². The van der Waals surface area contributed by atoms with Crippen molar-refractivity contribution in [2.75, 3.05) is 5.33 Å². The maximum atomic E-state index is 9.79. The first-order chi connectivity index (χ1) is 5.98. The lowest BCUT2D eigenvalue weighted by Gasteiger charge is -2.23. The Balaban J connectivity index is 3.32. The van der Waals surface area contributed by atoms with Gasteiger partial charge in [-0.05, 0) is 12.8 Å². The van der Waals surface area contributed by atoms with E-state index in [1.807, 2.05) is 0 Å². The van der Waals surface area contributed by atoms with E-state index in [0.29, 0.717) is 0 Å². The van der Waals surface area contributed by atoms with E-state index in [-0.39, 0.29) is 5.73 Å². The zero-order chi connectivity index (χ0) is 10.3. The summed E-state index contributed by atoms with van der Waals surface area (Å²) in [6.07, 6.45) is 6.04. The fourth-order valence-electron chi connectivity index (χ4n) is 1.22. The van der Waals surface area contributed by atoms with Gasteiger partial charge in [-0.15, -0.1) is 0 Å². The summed E-state index contributed by atoms with van der Waals surface area (Å²) in [4.78, 5) is 0. The molecule has 0 aromatic heterocycles. The third kappa shape index (κ3) is 7.71. The number of aliphatic hydroxyl groups excluding tert-OH is 1. The maximum absolute atomic E-state index is 9.79. The molecule has 0 bridgehead atoms. The summed E-state index contributed by atoms with van der Waals surface area (Å²) in [5, 5.41) is 10.9. The van der Waals surface area contributed by atoms with Crippen LogP contribution in [0.2, 0.25) is 19.6 Å². The topological polar surface area (TPSA) is 20.2 Å². The van der Waals surface area contributed by atoms with Gasteiger partial charge in [0.05, 0.1) is 8.07 Å². The molecule has 0 aromatic carbocycles. The van der Waals surface area contributed by atoms with Crippen LogP contribution in [0.3, 0.4) is 0 Å². The molecule has 1 nitrogen and oxygen atoms in total. The van der Waals surface area contributed by atoms with Gasteiger partial charge in [-0.2, -0.15) is 0 Å². The number of hydrogen-bond acceptors (Lipinski definition) is 1. The van der Waals surface area contributed by atoms with Crippen LogP contribution in [-0.4, -0.2) is 24.2 Å². The molecule has 0 aliphatic rings. The number of hydrogen-bond donors (Lipinski definition) is 1. The number of unbranched alkanes of at least 4 members (excludes halogenated alkanes) is 3. The smallest absolute Gasteiger partial charge is 0.0781 e. The van der Waals surface area contributed by atoms with E-state index in [2.05, 4.69) is 35.6 Å². The predicted octanol–water partition coefficient (Wildman–Crippen LogP) is 3.57. The summed E-state index contributed by atoms with van der Waals surface area (Å²) in [5.41, 5.74) is -0.00327. The van der Waals surface area contributed by atoms with Crippen molar-refractivity contribution in [3.05, 3.63) is 0 Å². The van der Waals surface area contributed by atoms with Crippen molar-refractivity contribution in [3.63, 3.8) is 0 Å². The van der Waals surface area contributed by atoms with Crippen LogP contribution < -0.4 is 0 Å². The van der Waals surface area contributed by atoms with Crippen LogP contribution in [-0.2, 0) is 0 Å². The minimum absolute atomic E-state index is 0.00327. The van der Waals surface area contributed by atoms with E-state index in [0.717, 1.165) is 11.8 Å². The van der Waals surface area contributed by atoms with E-state index >= 15 is 0 Å². The second kappa shape index (κ2) is 7.02. The zero-order valence-corrected chi connectivity index (χ0v) is 11.7. The van der Waals surface area contributed by atoms with E-state index in [9.17, 15) is 5.11 Å². The van der Waals surface area contributed by atoms with Gasteiger partial charge >= 0.3 is 0 Å². The van der Waals surface area contributed by atoms with Gasteiger partial charge in [0.15, 0.2) is 0 Å². The van der Waals surface area contributed by atoms with E-state index < -0.39 is 8.07 Å². The molecular weight excluding hydrogens is 244 g/mol. The van der Waals surface area contributed by atoms with Crippen LogP contribution in [0.25, 0.3) is 0 Å². The van der Waals surface area contributed by atoms with Crippen molar-refractivity contribution in [1.29, 1.82) is 0 Å². The molecule has 0 radical (unpaired) electrons. The Morgan fingerprint density at radius 2 is 1.62 bits per heavy atom. The highest BCUT2D eigenvalue weighted by Gasteiger charge is 2.23. The lowest BCUT2D eigenvalue weighted by molar-refractivity contribution is 0.228. The lowest BCUT2D eigenvalue weighted by Crippen LogP contribution is -2.37. The van der Waals surface area contributed by atoms with Crippen molar-refractivity contribution in [3.8, 4) is 0 Å². The van der Waals surface area contributed by atoms with E-state index in [4.69, 9.17) is 0 Å². The van der Waals surface area contributed by atoms with Gasteiger partial charge in [-0.25, -0.2) is 0 Å². The van der Waals surface area contributed by atoms with Gasteiger partial charge in [0.25, 0.3) is 0 Å². The highest BCUT2D eigenvalue weighted by Crippen LogP contribution is 2.15. The number of aliphatic hydroxyl groups is 1. The molecule has 0 spiro atoms. The van der Waals surface area contributed by atoms with Crippen molar-refractivity contribution in [2.45, 2.75) is 57.5 Å². The molecular formula is C10H23BrOSi. The molecule has 0 aliphatic carbocycles. The minimum Gasteiger partial charge on any atom is -0.397 e. The van der Waals surface area contributed by atoms with Crippen molar-refractivity contribution >= 4 is 24.0 Å². The predicted molar refractivity (Wildman–Crippen MR) is 66.2 cm³/mol. The van der Waals surface area contributed by atoms with Crippen molar-refractivity contribution in [2.24, 2.45) is 0 Å². The monoisotopic (exact) mass is 266 g/mol. The summed E-state index contributed by atoms with van der Waals surface area (Å²) in [5.74, 6) is 0. The maximum Gasteiger partial charge on any atom is 0.0781 e. The Labute approximate surface area is 92.1 Å². The van der Waals surface area contributed by atoms with Gasteiger partial charge in [0, 0.05) is 11.1 Å². The van der Waals surface area contributed by atoms with Crippen LogP contribution >= 0.6 is 15.9 Å².